The van der Waals surface area contributed by atoms with E-state index >= 15 is 0 Å². The fraction of sp³-hybridized carbons (Fsp3) is 0.533. The van der Waals surface area contributed by atoms with E-state index in [1.54, 1.807) is 7.11 Å². The Bertz CT molecular complexity index is 422. The van der Waals surface area contributed by atoms with Crippen LogP contribution in [-0.2, 0) is 4.74 Å². The van der Waals surface area contributed by atoms with Gasteiger partial charge in [0.25, 0.3) is 5.91 Å². The lowest BCUT2D eigenvalue weighted by Crippen LogP contribution is -2.38. The lowest BCUT2D eigenvalue weighted by Gasteiger charge is -2.24. The highest BCUT2D eigenvalue weighted by atomic mass is 16.5. The second kappa shape index (κ2) is 5.53. The standard InChI is InChI=1S/C15H21NO2/c1-11-7-12(2)9-13(8-11)15(17)16-6-4-5-14(16)10-18-3/h7-9,14H,4-6,10H2,1-3H3/t14-/m1/s1. The lowest BCUT2D eigenvalue weighted by molar-refractivity contribution is 0.0630. The van der Waals surface area contributed by atoms with Crippen molar-refractivity contribution in [1.82, 2.24) is 4.90 Å². The van der Waals surface area contributed by atoms with Crippen molar-refractivity contribution in [1.29, 1.82) is 0 Å². The molecule has 1 atom stereocenters. The van der Waals surface area contributed by atoms with E-state index in [2.05, 4.69) is 6.07 Å². The summed E-state index contributed by atoms with van der Waals surface area (Å²) in [6, 6.07) is 6.27. The first-order valence-electron chi connectivity index (χ1n) is 6.50. The van der Waals surface area contributed by atoms with Crippen LogP contribution < -0.4 is 0 Å². The van der Waals surface area contributed by atoms with Crippen molar-refractivity contribution < 1.29 is 9.53 Å². The van der Waals surface area contributed by atoms with Crippen LogP contribution in [0.1, 0.15) is 34.3 Å². The molecule has 0 spiro atoms. The molecule has 1 heterocycles. The first-order valence-corrected chi connectivity index (χ1v) is 6.50. The minimum Gasteiger partial charge on any atom is -0.383 e. The van der Waals surface area contributed by atoms with E-state index in [-0.39, 0.29) is 11.9 Å². The van der Waals surface area contributed by atoms with E-state index < -0.39 is 0 Å². The fourth-order valence-corrected chi connectivity index (χ4v) is 2.73. The number of likely N-dealkylation sites (tertiary alicyclic amines) is 1. The molecule has 0 unspecified atom stereocenters. The molecule has 18 heavy (non-hydrogen) atoms. The Kier molecular flexibility index (Phi) is 4.02. The van der Waals surface area contributed by atoms with E-state index in [4.69, 9.17) is 4.74 Å². The second-order valence-electron chi connectivity index (χ2n) is 5.13. The number of nitrogens with zero attached hydrogens (tertiary/aromatic N) is 1. The molecule has 1 aromatic rings. The molecule has 3 nitrogen and oxygen atoms in total. The Balaban J connectivity index is 2.19. The summed E-state index contributed by atoms with van der Waals surface area (Å²) in [6.45, 7) is 5.54. The summed E-state index contributed by atoms with van der Waals surface area (Å²) in [5.74, 6) is 0.140. The Hall–Kier alpha value is -1.35. The van der Waals surface area contributed by atoms with Gasteiger partial charge in [-0.25, -0.2) is 0 Å². The highest BCUT2D eigenvalue weighted by molar-refractivity contribution is 5.95. The number of methoxy groups -OCH3 is 1. The molecule has 0 bridgehead atoms. The number of hydrogen-bond donors (Lipinski definition) is 0. The average molecular weight is 247 g/mol. The number of carbonyl (C=O) groups excluding carboxylic acids is 1. The van der Waals surface area contributed by atoms with Crippen molar-refractivity contribution in [2.24, 2.45) is 0 Å². The summed E-state index contributed by atoms with van der Waals surface area (Å²) in [6.07, 6.45) is 2.12. The minimum atomic E-state index is 0.140. The van der Waals surface area contributed by atoms with Crippen molar-refractivity contribution >= 4 is 5.91 Å². The van der Waals surface area contributed by atoms with Gasteiger partial charge in [-0.1, -0.05) is 17.2 Å². The van der Waals surface area contributed by atoms with Gasteiger partial charge in [0, 0.05) is 19.2 Å². The SMILES string of the molecule is COC[C@H]1CCCN1C(=O)c1cc(C)cc(C)c1. The number of benzene rings is 1. The number of rotatable bonds is 3. The van der Waals surface area contributed by atoms with Crippen molar-refractivity contribution in [3.63, 3.8) is 0 Å². The van der Waals surface area contributed by atoms with Gasteiger partial charge in [0.1, 0.15) is 0 Å². The molecule has 0 radical (unpaired) electrons. The number of amides is 1. The van der Waals surface area contributed by atoms with E-state index in [9.17, 15) is 4.79 Å². The zero-order chi connectivity index (χ0) is 13.1. The van der Waals surface area contributed by atoms with Crippen molar-refractivity contribution in [2.75, 3.05) is 20.3 Å². The summed E-state index contributed by atoms with van der Waals surface area (Å²) in [5.41, 5.74) is 3.08. The molecular formula is C15H21NO2. The Morgan fingerprint density at radius 2 is 2.00 bits per heavy atom. The van der Waals surface area contributed by atoms with Crippen molar-refractivity contribution in [3.8, 4) is 0 Å². The Labute approximate surface area is 109 Å². The maximum absolute atomic E-state index is 12.5. The Morgan fingerprint density at radius 3 is 2.61 bits per heavy atom. The zero-order valence-corrected chi connectivity index (χ0v) is 11.4. The van der Waals surface area contributed by atoms with Gasteiger partial charge in [-0.3, -0.25) is 4.79 Å². The van der Waals surface area contributed by atoms with Crippen LogP contribution in [0.25, 0.3) is 0 Å². The first kappa shape index (κ1) is 13.1. The minimum absolute atomic E-state index is 0.140. The van der Waals surface area contributed by atoms with Crippen LogP contribution in [0.2, 0.25) is 0 Å². The zero-order valence-electron chi connectivity index (χ0n) is 11.4. The van der Waals surface area contributed by atoms with Gasteiger partial charge in [0.15, 0.2) is 0 Å². The third kappa shape index (κ3) is 2.72. The van der Waals surface area contributed by atoms with Gasteiger partial charge < -0.3 is 9.64 Å². The average Bonchev–Trinajstić information content (AvgIpc) is 2.75. The summed E-state index contributed by atoms with van der Waals surface area (Å²) in [5, 5.41) is 0. The summed E-state index contributed by atoms with van der Waals surface area (Å²) in [7, 11) is 1.69. The predicted octanol–water partition coefficient (Wildman–Crippen LogP) is 2.55. The van der Waals surface area contributed by atoms with Gasteiger partial charge in [-0.2, -0.15) is 0 Å². The van der Waals surface area contributed by atoms with Crippen LogP contribution in [0.15, 0.2) is 18.2 Å². The molecule has 1 aliphatic rings. The first-order chi connectivity index (χ1) is 8.61. The molecule has 0 aliphatic carbocycles. The van der Waals surface area contributed by atoms with Crippen LogP contribution in [0.5, 0.6) is 0 Å². The number of carbonyl (C=O) groups is 1. The molecule has 1 aromatic carbocycles. The molecule has 0 N–H and O–H groups in total. The number of aryl methyl sites for hydroxylation is 2. The molecule has 0 aromatic heterocycles. The molecule has 1 fully saturated rings. The maximum Gasteiger partial charge on any atom is 0.254 e. The number of hydrogen-bond acceptors (Lipinski definition) is 2. The van der Waals surface area contributed by atoms with Crippen LogP contribution in [0, 0.1) is 13.8 Å². The van der Waals surface area contributed by atoms with Crippen LogP contribution in [0.4, 0.5) is 0 Å². The van der Waals surface area contributed by atoms with E-state index in [1.807, 2.05) is 30.9 Å². The maximum atomic E-state index is 12.5. The van der Waals surface area contributed by atoms with E-state index in [0.717, 1.165) is 36.1 Å². The highest BCUT2D eigenvalue weighted by Crippen LogP contribution is 2.21. The molecular weight excluding hydrogens is 226 g/mol. The lowest BCUT2D eigenvalue weighted by atomic mass is 10.1. The molecule has 3 heteroatoms. The molecule has 1 amide bonds. The molecule has 2 rings (SSSR count). The summed E-state index contributed by atoms with van der Waals surface area (Å²) < 4.78 is 5.20. The van der Waals surface area contributed by atoms with E-state index in [1.165, 1.54) is 0 Å². The van der Waals surface area contributed by atoms with Gasteiger partial charge in [-0.05, 0) is 38.8 Å². The van der Waals surface area contributed by atoms with Crippen LogP contribution in [-0.4, -0.2) is 37.1 Å². The number of ether oxygens (including phenoxy) is 1. The third-order valence-corrected chi connectivity index (χ3v) is 3.47. The summed E-state index contributed by atoms with van der Waals surface area (Å²) in [4.78, 5) is 14.5. The second-order valence-corrected chi connectivity index (χ2v) is 5.13. The van der Waals surface area contributed by atoms with Crippen LogP contribution >= 0.6 is 0 Å². The third-order valence-electron chi connectivity index (χ3n) is 3.47. The highest BCUT2D eigenvalue weighted by Gasteiger charge is 2.29. The molecule has 1 saturated heterocycles. The largest absolute Gasteiger partial charge is 0.383 e. The van der Waals surface area contributed by atoms with Gasteiger partial charge in [0.05, 0.1) is 12.6 Å². The van der Waals surface area contributed by atoms with Crippen molar-refractivity contribution in [2.45, 2.75) is 32.7 Å². The van der Waals surface area contributed by atoms with Gasteiger partial charge >= 0.3 is 0 Å². The molecule has 0 saturated carbocycles. The van der Waals surface area contributed by atoms with Crippen molar-refractivity contribution in [3.05, 3.63) is 34.9 Å². The topological polar surface area (TPSA) is 29.5 Å². The Morgan fingerprint density at radius 1 is 1.33 bits per heavy atom. The summed E-state index contributed by atoms with van der Waals surface area (Å²) >= 11 is 0. The van der Waals surface area contributed by atoms with E-state index in [0.29, 0.717) is 6.61 Å². The van der Waals surface area contributed by atoms with Crippen LogP contribution in [0.3, 0.4) is 0 Å². The quantitative estimate of drug-likeness (QED) is 0.821. The predicted molar refractivity (Wildman–Crippen MR) is 71.9 cm³/mol. The fourth-order valence-electron chi connectivity index (χ4n) is 2.73. The molecule has 1 aliphatic heterocycles. The monoisotopic (exact) mass is 247 g/mol. The normalized spacial score (nSPS) is 19.3. The van der Waals surface area contributed by atoms with Gasteiger partial charge in [0.2, 0.25) is 0 Å². The van der Waals surface area contributed by atoms with Gasteiger partial charge in [-0.15, -0.1) is 0 Å². The molecule has 98 valence electrons. The smallest absolute Gasteiger partial charge is 0.254 e.